The largest absolute Gasteiger partial charge is 0.213 e. The minimum absolute atomic E-state index is 0.145. The van der Waals surface area contributed by atoms with Gasteiger partial charge in [0.25, 0.3) is 0 Å². The fourth-order valence-electron chi connectivity index (χ4n) is 1.54. The number of sulfonamides is 1. The average Bonchev–Trinajstić information content (AvgIpc) is 2.13. The molecule has 1 aromatic rings. The normalized spacial score (nSPS) is 14.0. The fraction of sp³-hybridized carbons (Fsp3) is 0.455. The minimum Gasteiger partial charge on any atom is -0.213 e. The Labute approximate surface area is 99.9 Å². The molecule has 0 aromatic heterocycles. The molecule has 1 N–H and O–H groups in total. The Morgan fingerprint density at radius 2 is 1.82 bits per heavy atom. The Morgan fingerprint density at radius 1 is 1.24 bits per heavy atom. The van der Waals surface area contributed by atoms with Gasteiger partial charge in [-0.15, -0.1) is 0 Å². The van der Waals surface area contributed by atoms with Crippen molar-refractivity contribution in [3.05, 3.63) is 35.4 Å². The average molecular weight is 263 g/mol. The van der Waals surface area contributed by atoms with Gasteiger partial charge in [-0.2, -0.15) is 0 Å². The van der Waals surface area contributed by atoms with Crippen LogP contribution in [0.4, 0.5) is 8.78 Å². The molecule has 0 aliphatic rings. The van der Waals surface area contributed by atoms with Crippen molar-refractivity contribution in [3.63, 3.8) is 0 Å². The van der Waals surface area contributed by atoms with E-state index in [9.17, 15) is 17.2 Å². The van der Waals surface area contributed by atoms with Crippen molar-refractivity contribution >= 4 is 10.0 Å². The van der Waals surface area contributed by atoms with Gasteiger partial charge in [0.15, 0.2) is 0 Å². The number of benzene rings is 1. The van der Waals surface area contributed by atoms with Crippen LogP contribution in [-0.4, -0.2) is 14.7 Å². The molecular formula is C11H15F2NO2S. The molecular weight excluding hydrogens is 248 g/mol. The van der Waals surface area contributed by atoms with Crippen LogP contribution in [0.3, 0.4) is 0 Å². The molecule has 0 aliphatic heterocycles. The second-order valence-corrected chi connectivity index (χ2v) is 6.06. The summed E-state index contributed by atoms with van der Waals surface area (Å²) in [5.41, 5.74) is 0.145. The van der Waals surface area contributed by atoms with Crippen LogP contribution in [0, 0.1) is 17.6 Å². The van der Waals surface area contributed by atoms with Crippen LogP contribution in [-0.2, 0) is 10.0 Å². The van der Waals surface area contributed by atoms with Gasteiger partial charge in [0.1, 0.15) is 11.6 Å². The monoisotopic (exact) mass is 263 g/mol. The summed E-state index contributed by atoms with van der Waals surface area (Å²) in [6, 6.07) is 2.41. The molecule has 0 saturated heterocycles. The van der Waals surface area contributed by atoms with E-state index in [1.807, 2.05) is 0 Å². The van der Waals surface area contributed by atoms with Gasteiger partial charge in [-0.25, -0.2) is 21.9 Å². The van der Waals surface area contributed by atoms with Gasteiger partial charge in [0.05, 0.1) is 12.3 Å². The van der Waals surface area contributed by atoms with Gasteiger partial charge in [-0.05, 0) is 12.0 Å². The highest BCUT2D eigenvalue weighted by molar-refractivity contribution is 7.88. The van der Waals surface area contributed by atoms with E-state index in [-0.39, 0.29) is 11.5 Å². The molecule has 0 bridgehead atoms. The molecule has 0 aliphatic carbocycles. The zero-order chi connectivity index (χ0) is 13.2. The van der Waals surface area contributed by atoms with Crippen LogP contribution < -0.4 is 4.72 Å². The SMILES string of the molecule is CC(C)[C@H](NS(C)(=O)=O)c1ccc(F)cc1F. The summed E-state index contributed by atoms with van der Waals surface area (Å²) in [7, 11) is -3.45. The van der Waals surface area contributed by atoms with Gasteiger partial charge in [-0.3, -0.25) is 0 Å². The van der Waals surface area contributed by atoms with Crippen molar-refractivity contribution in [2.75, 3.05) is 6.26 Å². The second kappa shape index (κ2) is 5.10. The summed E-state index contributed by atoms with van der Waals surface area (Å²) in [6.45, 7) is 3.51. The topological polar surface area (TPSA) is 46.2 Å². The lowest BCUT2D eigenvalue weighted by molar-refractivity contribution is 0.443. The predicted molar refractivity (Wildman–Crippen MR) is 61.9 cm³/mol. The lowest BCUT2D eigenvalue weighted by atomic mass is 9.96. The van der Waals surface area contributed by atoms with Gasteiger partial charge < -0.3 is 0 Å². The maximum absolute atomic E-state index is 13.6. The molecule has 6 heteroatoms. The summed E-state index contributed by atoms with van der Waals surface area (Å²) in [5, 5.41) is 0. The van der Waals surface area contributed by atoms with E-state index in [1.54, 1.807) is 13.8 Å². The fourth-order valence-corrected chi connectivity index (χ4v) is 2.40. The van der Waals surface area contributed by atoms with E-state index in [4.69, 9.17) is 0 Å². The molecule has 0 spiro atoms. The summed E-state index contributed by atoms with van der Waals surface area (Å²) < 4.78 is 51.1. The molecule has 1 rings (SSSR count). The Balaban J connectivity index is 3.15. The van der Waals surface area contributed by atoms with E-state index in [1.165, 1.54) is 6.07 Å². The summed E-state index contributed by atoms with van der Waals surface area (Å²) in [6.07, 6.45) is 1.00. The smallest absolute Gasteiger partial charge is 0.209 e. The van der Waals surface area contributed by atoms with Gasteiger partial charge >= 0.3 is 0 Å². The van der Waals surface area contributed by atoms with Crippen LogP contribution >= 0.6 is 0 Å². The molecule has 0 heterocycles. The third kappa shape index (κ3) is 4.05. The minimum atomic E-state index is -3.45. The summed E-state index contributed by atoms with van der Waals surface area (Å²) in [4.78, 5) is 0. The number of rotatable bonds is 4. The first-order chi connectivity index (χ1) is 7.70. The highest BCUT2D eigenvalue weighted by Gasteiger charge is 2.22. The maximum atomic E-state index is 13.6. The van der Waals surface area contributed by atoms with Crippen LogP contribution in [0.25, 0.3) is 0 Å². The summed E-state index contributed by atoms with van der Waals surface area (Å²) in [5.74, 6) is -1.59. The van der Waals surface area contributed by atoms with Gasteiger partial charge in [-0.1, -0.05) is 19.9 Å². The molecule has 0 radical (unpaired) electrons. The molecule has 96 valence electrons. The highest BCUT2D eigenvalue weighted by atomic mass is 32.2. The Bertz CT molecular complexity index is 500. The van der Waals surface area contributed by atoms with Crippen molar-refractivity contribution in [2.45, 2.75) is 19.9 Å². The van der Waals surface area contributed by atoms with Crippen molar-refractivity contribution in [1.82, 2.24) is 4.72 Å². The lowest BCUT2D eigenvalue weighted by Gasteiger charge is -2.22. The third-order valence-electron chi connectivity index (χ3n) is 2.31. The molecule has 0 fully saturated rings. The molecule has 0 saturated carbocycles. The molecule has 0 unspecified atom stereocenters. The zero-order valence-corrected chi connectivity index (χ0v) is 10.7. The Morgan fingerprint density at radius 3 is 2.24 bits per heavy atom. The first-order valence-electron chi connectivity index (χ1n) is 5.13. The van der Waals surface area contributed by atoms with Crippen LogP contribution in [0.5, 0.6) is 0 Å². The van der Waals surface area contributed by atoms with Crippen LogP contribution in [0.2, 0.25) is 0 Å². The van der Waals surface area contributed by atoms with Crippen molar-refractivity contribution < 1.29 is 17.2 Å². The zero-order valence-electron chi connectivity index (χ0n) is 9.87. The lowest BCUT2D eigenvalue weighted by Crippen LogP contribution is -2.31. The third-order valence-corrected chi connectivity index (χ3v) is 2.99. The molecule has 1 aromatic carbocycles. The Hall–Kier alpha value is -1.01. The van der Waals surface area contributed by atoms with E-state index >= 15 is 0 Å². The van der Waals surface area contributed by atoms with Crippen LogP contribution in [0.1, 0.15) is 25.5 Å². The first kappa shape index (κ1) is 14.1. The van der Waals surface area contributed by atoms with Gasteiger partial charge in [0, 0.05) is 11.6 Å². The summed E-state index contributed by atoms with van der Waals surface area (Å²) >= 11 is 0. The standard InChI is InChI=1S/C11H15F2NO2S/c1-7(2)11(14-17(3,15)16)9-5-4-8(12)6-10(9)13/h4-7,11,14H,1-3H3/t11-/m0/s1. The van der Waals surface area contributed by atoms with E-state index in [0.717, 1.165) is 18.4 Å². The van der Waals surface area contributed by atoms with E-state index < -0.39 is 27.7 Å². The number of hydrogen-bond donors (Lipinski definition) is 1. The van der Waals surface area contributed by atoms with Gasteiger partial charge in [0.2, 0.25) is 10.0 Å². The predicted octanol–water partition coefficient (Wildman–Crippen LogP) is 2.21. The molecule has 3 nitrogen and oxygen atoms in total. The number of halogens is 2. The van der Waals surface area contributed by atoms with Crippen molar-refractivity contribution in [2.24, 2.45) is 5.92 Å². The molecule has 17 heavy (non-hydrogen) atoms. The molecule has 0 amide bonds. The molecule has 1 atom stereocenters. The van der Waals surface area contributed by atoms with Crippen molar-refractivity contribution in [3.8, 4) is 0 Å². The first-order valence-corrected chi connectivity index (χ1v) is 7.02. The van der Waals surface area contributed by atoms with Crippen LogP contribution in [0.15, 0.2) is 18.2 Å². The Kier molecular flexibility index (Phi) is 4.21. The van der Waals surface area contributed by atoms with E-state index in [0.29, 0.717) is 0 Å². The number of nitrogens with one attached hydrogen (secondary N) is 1. The van der Waals surface area contributed by atoms with Crippen molar-refractivity contribution in [1.29, 1.82) is 0 Å². The second-order valence-electron chi connectivity index (χ2n) is 4.28. The maximum Gasteiger partial charge on any atom is 0.209 e. The highest BCUT2D eigenvalue weighted by Crippen LogP contribution is 2.25. The number of hydrogen-bond acceptors (Lipinski definition) is 2. The quantitative estimate of drug-likeness (QED) is 0.905. The van der Waals surface area contributed by atoms with E-state index in [2.05, 4.69) is 4.72 Å².